The van der Waals surface area contributed by atoms with E-state index < -0.39 is 10.0 Å². The Morgan fingerprint density at radius 2 is 1.80 bits per heavy atom. The van der Waals surface area contributed by atoms with Crippen LogP contribution in [0, 0.1) is 11.3 Å². The summed E-state index contributed by atoms with van der Waals surface area (Å²) in [5.74, 6) is 0.323. The molecule has 1 saturated heterocycles. The van der Waals surface area contributed by atoms with E-state index in [-0.39, 0.29) is 6.10 Å². The molecule has 0 amide bonds. The molecular formula is C14H28N2O3S. The van der Waals surface area contributed by atoms with Gasteiger partial charge in [0.15, 0.2) is 0 Å². The highest BCUT2D eigenvalue weighted by Crippen LogP contribution is 2.39. The number of nitrogens with zero attached hydrogens (tertiary/aromatic N) is 2. The van der Waals surface area contributed by atoms with Crippen molar-refractivity contribution in [2.24, 2.45) is 11.3 Å². The Kier molecular flexibility index (Phi) is 4.79. The smallest absolute Gasteiger partial charge is 0.211 e. The lowest BCUT2D eigenvalue weighted by Crippen LogP contribution is -2.51. The van der Waals surface area contributed by atoms with Gasteiger partial charge in [-0.1, -0.05) is 13.8 Å². The van der Waals surface area contributed by atoms with Crippen molar-refractivity contribution in [2.45, 2.75) is 39.2 Å². The Balaban J connectivity index is 1.86. The van der Waals surface area contributed by atoms with Crippen molar-refractivity contribution in [2.75, 3.05) is 39.0 Å². The van der Waals surface area contributed by atoms with E-state index in [0.717, 1.165) is 38.9 Å². The molecule has 2 aliphatic rings. The summed E-state index contributed by atoms with van der Waals surface area (Å²) in [7, 11) is -3.05. The summed E-state index contributed by atoms with van der Waals surface area (Å²) in [6.07, 6.45) is 4.11. The summed E-state index contributed by atoms with van der Waals surface area (Å²) in [5, 5.41) is 10.2. The molecule has 0 aromatic heterocycles. The van der Waals surface area contributed by atoms with Crippen LogP contribution in [0.15, 0.2) is 0 Å². The summed E-state index contributed by atoms with van der Waals surface area (Å²) in [5.41, 5.74) is 0.318. The van der Waals surface area contributed by atoms with Crippen LogP contribution in [-0.4, -0.2) is 67.8 Å². The molecular weight excluding hydrogens is 276 g/mol. The van der Waals surface area contributed by atoms with Crippen LogP contribution in [0.1, 0.15) is 33.1 Å². The lowest BCUT2D eigenvalue weighted by Gasteiger charge is -2.42. The topological polar surface area (TPSA) is 60.9 Å². The van der Waals surface area contributed by atoms with E-state index in [1.807, 2.05) is 0 Å². The van der Waals surface area contributed by atoms with Gasteiger partial charge in [-0.05, 0) is 30.6 Å². The Bertz CT molecular complexity index is 428. The van der Waals surface area contributed by atoms with E-state index >= 15 is 0 Å². The van der Waals surface area contributed by atoms with Crippen LogP contribution < -0.4 is 0 Å². The third-order valence-electron chi connectivity index (χ3n) is 4.77. The molecule has 1 heterocycles. The molecule has 0 aromatic rings. The van der Waals surface area contributed by atoms with Gasteiger partial charge in [0.05, 0.1) is 12.4 Å². The van der Waals surface area contributed by atoms with Gasteiger partial charge in [0.1, 0.15) is 0 Å². The normalized spacial score (nSPS) is 33.2. The standard InChI is InChI=1S/C14H28N2O3S/c1-14(2)5-4-13(17)12(10-14)11-15-6-8-16(9-7-15)20(3,18)19/h12-13,17H,4-11H2,1-3H3. The second-order valence-corrected chi connectivity index (χ2v) is 9.18. The first-order valence-electron chi connectivity index (χ1n) is 7.53. The molecule has 118 valence electrons. The zero-order valence-electron chi connectivity index (χ0n) is 12.9. The van der Waals surface area contributed by atoms with Crippen LogP contribution >= 0.6 is 0 Å². The van der Waals surface area contributed by atoms with Crippen LogP contribution in [0.5, 0.6) is 0 Å². The fourth-order valence-electron chi connectivity index (χ4n) is 3.48. The molecule has 0 radical (unpaired) electrons. The minimum atomic E-state index is -3.05. The number of piperazine rings is 1. The SMILES string of the molecule is CC1(C)CCC(O)C(CN2CCN(S(C)(=O)=O)CC2)C1. The number of aliphatic hydroxyl groups excluding tert-OH is 1. The highest BCUT2D eigenvalue weighted by atomic mass is 32.2. The quantitative estimate of drug-likeness (QED) is 0.836. The third-order valence-corrected chi connectivity index (χ3v) is 6.07. The number of aliphatic hydroxyl groups is 1. The molecule has 1 aliphatic carbocycles. The summed E-state index contributed by atoms with van der Waals surface area (Å²) >= 11 is 0. The van der Waals surface area contributed by atoms with Crippen molar-refractivity contribution in [3.05, 3.63) is 0 Å². The first-order valence-corrected chi connectivity index (χ1v) is 9.38. The number of hydrogen-bond acceptors (Lipinski definition) is 4. The Morgan fingerprint density at radius 3 is 2.35 bits per heavy atom. The number of hydrogen-bond donors (Lipinski definition) is 1. The van der Waals surface area contributed by atoms with Crippen molar-refractivity contribution in [1.29, 1.82) is 0 Å². The van der Waals surface area contributed by atoms with Gasteiger partial charge in [0.25, 0.3) is 0 Å². The minimum absolute atomic E-state index is 0.198. The van der Waals surface area contributed by atoms with Crippen molar-refractivity contribution in [1.82, 2.24) is 9.21 Å². The van der Waals surface area contributed by atoms with Crippen LogP contribution in [0.3, 0.4) is 0 Å². The maximum atomic E-state index is 11.5. The molecule has 5 nitrogen and oxygen atoms in total. The molecule has 2 unspecified atom stereocenters. The Morgan fingerprint density at radius 1 is 1.20 bits per heavy atom. The van der Waals surface area contributed by atoms with Gasteiger partial charge in [0, 0.05) is 32.7 Å². The fourth-order valence-corrected chi connectivity index (χ4v) is 4.31. The molecule has 2 atom stereocenters. The second-order valence-electron chi connectivity index (χ2n) is 7.20. The number of sulfonamides is 1. The van der Waals surface area contributed by atoms with Crippen molar-refractivity contribution >= 4 is 10.0 Å². The second kappa shape index (κ2) is 5.91. The molecule has 1 saturated carbocycles. The predicted molar refractivity (Wildman–Crippen MR) is 80.0 cm³/mol. The van der Waals surface area contributed by atoms with Crippen LogP contribution in [-0.2, 0) is 10.0 Å². The van der Waals surface area contributed by atoms with Gasteiger partial charge in [-0.2, -0.15) is 4.31 Å². The molecule has 6 heteroatoms. The molecule has 2 rings (SSSR count). The zero-order valence-corrected chi connectivity index (χ0v) is 13.7. The molecule has 0 spiro atoms. The largest absolute Gasteiger partial charge is 0.393 e. The number of rotatable bonds is 3. The molecule has 0 bridgehead atoms. The van der Waals surface area contributed by atoms with E-state index in [4.69, 9.17) is 0 Å². The average Bonchev–Trinajstić information content (AvgIpc) is 2.33. The van der Waals surface area contributed by atoms with Gasteiger partial charge in [-0.15, -0.1) is 0 Å². The van der Waals surface area contributed by atoms with Crippen molar-refractivity contribution in [3.63, 3.8) is 0 Å². The van der Waals surface area contributed by atoms with Gasteiger partial charge in [-0.3, -0.25) is 0 Å². The minimum Gasteiger partial charge on any atom is -0.393 e. The van der Waals surface area contributed by atoms with E-state index in [1.165, 1.54) is 6.26 Å². The maximum Gasteiger partial charge on any atom is 0.211 e. The van der Waals surface area contributed by atoms with Gasteiger partial charge in [-0.25, -0.2) is 8.42 Å². The highest BCUT2D eigenvalue weighted by Gasteiger charge is 2.35. The van der Waals surface area contributed by atoms with Crippen LogP contribution in [0.4, 0.5) is 0 Å². The molecule has 20 heavy (non-hydrogen) atoms. The lowest BCUT2D eigenvalue weighted by molar-refractivity contribution is 0.000111. The van der Waals surface area contributed by atoms with Gasteiger partial charge >= 0.3 is 0 Å². The molecule has 0 aromatic carbocycles. The van der Waals surface area contributed by atoms with Crippen molar-refractivity contribution < 1.29 is 13.5 Å². The van der Waals surface area contributed by atoms with Crippen LogP contribution in [0.25, 0.3) is 0 Å². The predicted octanol–water partition coefficient (Wildman–Crippen LogP) is 0.751. The van der Waals surface area contributed by atoms with E-state index in [9.17, 15) is 13.5 Å². The molecule has 2 fully saturated rings. The van der Waals surface area contributed by atoms with Crippen molar-refractivity contribution in [3.8, 4) is 0 Å². The first-order chi connectivity index (χ1) is 9.17. The monoisotopic (exact) mass is 304 g/mol. The Hall–Kier alpha value is -0.170. The lowest BCUT2D eigenvalue weighted by atomic mass is 9.70. The summed E-state index contributed by atoms with van der Waals surface area (Å²) in [6.45, 7) is 8.13. The van der Waals surface area contributed by atoms with E-state index in [1.54, 1.807) is 4.31 Å². The first kappa shape index (κ1) is 16.2. The summed E-state index contributed by atoms with van der Waals surface area (Å²) < 4.78 is 24.5. The third kappa shape index (κ3) is 4.16. The summed E-state index contributed by atoms with van der Waals surface area (Å²) in [4.78, 5) is 2.30. The fraction of sp³-hybridized carbons (Fsp3) is 1.00. The molecule has 1 N–H and O–H groups in total. The molecule has 1 aliphatic heterocycles. The zero-order chi connectivity index (χ0) is 15.0. The van der Waals surface area contributed by atoms with Gasteiger partial charge in [0.2, 0.25) is 10.0 Å². The van der Waals surface area contributed by atoms with Crippen LogP contribution in [0.2, 0.25) is 0 Å². The maximum absolute atomic E-state index is 11.5. The highest BCUT2D eigenvalue weighted by molar-refractivity contribution is 7.88. The van der Waals surface area contributed by atoms with E-state index in [2.05, 4.69) is 18.7 Å². The average molecular weight is 304 g/mol. The van der Waals surface area contributed by atoms with Gasteiger partial charge < -0.3 is 10.0 Å². The summed E-state index contributed by atoms with van der Waals surface area (Å²) in [6, 6.07) is 0. The Labute approximate surface area is 123 Å². The van der Waals surface area contributed by atoms with E-state index in [0.29, 0.717) is 24.4 Å².